The minimum Gasteiger partial charge on any atom is -0.457 e. The topological polar surface area (TPSA) is 76.3 Å². The Kier molecular flexibility index (Phi) is 5.83. The summed E-state index contributed by atoms with van der Waals surface area (Å²) in [6, 6.07) is 18.8. The second kappa shape index (κ2) is 8.98. The molecule has 8 heteroatoms. The van der Waals surface area contributed by atoms with E-state index in [1.54, 1.807) is 0 Å². The number of thioether (sulfide) groups is 2. The third-order valence-electron chi connectivity index (χ3n) is 7.05. The quantitative estimate of drug-likeness (QED) is 0.517. The minimum absolute atomic E-state index is 0.393. The lowest BCUT2D eigenvalue weighted by atomic mass is 9.74. The van der Waals surface area contributed by atoms with Crippen molar-refractivity contribution in [2.45, 2.75) is 31.3 Å². The molecule has 3 aliphatic rings. The average Bonchev–Trinajstić information content (AvgIpc) is 3.61. The Balaban J connectivity index is 1.45. The van der Waals surface area contributed by atoms with Crippen molar-refractivity contribution in [1.82, 2.24) is 15.4 Å². The molecule has 3 atom stereocenters. The van der Waals surface area contributed by atoms with Gasteiger partial charge in [-0.2, -0.15) is 23.5 Å². The van der Waals surface area contributed by atoms with Gasteiger partial charge in [-0.25, -0.2) is 15.4 Å². The zero-order chi connectivity index (χ0) is 23.1. The second-order valence-corrected chi connectivity index (χ2v) is 11.5. The monoisotopic (exact) mass is 491 g/mol. The fraction of sp³-hybridized carbons (Fsp3) is 0.385. The first-order chi connectivity index (χ1) is 16.6. The van der Waals surface area contributed by atoms with Crippen LogP contribution >= 0.6 is 23.5 Å². The number of aryl methyl sites for hydroxylation is 1. The molecule has 6 nitrogen and oxygen atoms in total. The smallest absolute Gasteiger partial charge is 0.154 e. The molecule has 0 bridgehead atoms. The van der Waals surface area contributed by atoms with E-state index >= 15 is 0 Å². The fourth-order valence-corrected chi connectivity index (χ4v) is 7.96. The maximum absolute atomic E-state index is 6.69. The lowest BCUT2D eigenvalue weighted by molar-refractivity contribution is 0.287. The Hall–Kier alpha value is -2.42. The van der Waals surface area contributed by atoms with Crippen LogP contribution in [0.25, 0.3) is 0 Å². The van der Waals surface area contributed by atoms with Gasteiger partial charge in [0.2, 0.25) is 0 Å². The van der Waals surface area contributed by atoms with Gasteiger partial charge in [-0.3, -0.25) is 5.01 Å². The van der Waals surface area contributed by atoms with Crippen molar-refractivity contribution in [2.24, 2.45) is 5.92 Å². The molecule has 1 aromatic heterocycles. The number of para-hydroxylation sites is 1. The number of hydrazine groups is 1. The van der Waals surface area contributed by atoms with Crippen LogP contribution in [0, 0.1) is 12.8 Å². The van der Waals surface area contributed by atoms with Gasteiger partial charge in [-0.15, -0.1) is 0 Å². The number of hydrogen-bond donors (Lipinski definition) is 2. The largest absolute Gasteiger partial charge is 0.457 e. The third kappa shape index (κ3) is 3.72. The fourth-order valence-electron chi connectivity index (χ4n) is 5.45. The highest BCUT2D eigenvalue weighted by Gasteiger charge is 2.54. The molecule has 34 heavy (non-hydrogen) atoms. The van der Waals surface area contributed by atoms with Gasteiger partial charge in [0, 0.05) is 5.75 Å². The van der Waals surface area contributed by atoms with Crippen LogP contribution in [-0.4, -0.2) is 39.0 Å². The summed E-state index contributed by atoms with van der Waals surface area (Å²) >= 11 is 4.02. The molecule has 3 unspecified atom stereocenters. The summed E-state index contributed by atoms with van der Waals surface area (Å²) in [4.78, 5) is 9.57. The van der Waals surface area contributed by atoms with E-state index in [2.05, 4.69) is 39.7 Å². The van der Waals surface area contributed by atoms with E-state index in [4.69, 9.17) is 15.5 Å². The van der Waals surface area contributed by atoms with Crippen molar-refractivity contribution in [2.75, 3.05) is 33.8 Å². The Morgan fingerprint density at radius 2 is 1.71 bits per heavy atom. The second-order valence-electron chi connectivity index (χ2n) is 9.16. The maximum atomic E-state index is 6.69. The average molecular weight is 492 g/mol. The number of rotatable bonds is 5. The predicted octanol–water partition coefficient (Wildman–Crippen LogP) is 4.99. The van der Waals surface area contributed by atoms with E-state index in [0.29, 0.717) is 17.8 Å². The Bertz CT molecular complexity index is 1160. The lowest BCUT2D eigenvalue weighted by Gasteiger charge is -2.38. The zero-order valence-electron chi connectivity index (χ0n) is 19.2. The number of nitrogens with one attached hydrogen (secondary N) is 1. The Labute approximate surface area is 209 Å². The van der Waals surface area contributed by atoms with E-state index in [9.17, 15) is 0 Å². The molecule has 0 saturated carbocycles. The number of anilines is 2. The van der Waals surface area contributed by atoms with Crippen molar-refractivity contribution in [3.05, 3.63) is 71.5 Å². The number of fused-ring (bicyclic) bond motifs is 1. The lowest BCUT2D eigenvalue weighted by Crippen LogP contribution is -2.55. The molecular formula is C26H29N5OS2. The van der Waals surface area contributed by atoms with Gasteiger partial charge >= 0.3 is 0 Å². The molecule has 2 aromatic carbocycles. The highest BCUT2D eigenvalue weighted by molar-refractivity contribution is 7.99. The van der Waals surface area contributed by atoms with E-state index in [1.165, 1.54) is 11.3 Å². The van der Waals surface area contributed by atoms with Gasteiger partial charge in [0.05, 0.1) is 17.1 Å². The molecule has 0 spiro atoms. The molecule has 3 aliphatic heterocycles. The number of nitrogens with two attached hydrogens (primary N) is 1. The van der Waals surface area contributed by atoms with Crippen LogP contribution in [0.4, 0.5) is 11.6 Å². The van der Waals surface area contributed by atoms with Gasteiger partial charge in [-0.05, 0) is 72.8 Å². The van der Waals surface area contributed by atoms with Crippen LogP contribution in [0.2, 0.25) is 0 Å². The minimum atomic E-state index is -0.449. The van der Waals surface area contributed by atoms with Crippen LogP contribution in [0.3, 0.4) is 0 Å². The molecule has 0 aliphatic carbocycles. The number of hydrogen-bond acceptors (Lipinski definition) is 8. The molecule has 3 aromatic rings. The highest BCUT2D eigenvalue weighted by Crippen LogP contribution is 2.52. The van der Waals surface area contributed by atoms with Gasteiger partial charge < -0.3 is 10.5 Å². The van der Waals surface area contributed by atoms with Gasteiger partial charge in [0.1, 0.15) is 23.1 Å². The van der Waals surface area contributed by atoms with Gasteiger partial charge in [0.25, 0.3) is 0 Å². The van der Waals surface area contributed by atoms with Crippen LogP contribution in [0.15, 0.2) is 54.6 Å². The van der Waals surface area contributed by atoms with Crippen LogP contribution in [0.5, 0.6) is 11.5 Å². The molecule has 3 N–H and O–H groups in total. The first kappa shape index (κ1) is 22.1. The van der Waals surface area contributed by atoms with Crippen LogP contribution in [0.1, 0.15) is 29.8 Å². The summed E-state index contributed by atoms with van der Waals surface area (Å²) in [5, 5.41) is 2.32. The van der Waals surface area contributed by atoms with Crippen molar-refractivity contribution in [3.8, 4) is 11.5 Å². The maximum Gasteiger partial charge on any atom is 0.154 e. The number of nitrogen functional groups attached to an aromatic ring is 1. The van der Waals surface area contributed by atoms with E-state index in [1.807, 2.05) is 60.8 Å². The van der Waals surface area contributed by atoms with Crippen molar-refractivity contribution >= 4 is 35.2 Å². The first-order valence-corrected chi connectivity index (χ1v) is 14.2. The van der Waals surface area contributed by atoms with Crippen molar-refractivity contribution in [3.63, 3.8) is 0 Å². The number of ether oxygens (including phenoxy) is 1. The third-order valence-corrected chi connectivity index (χ3v) is 9.36. The summed E-state index contributed by atoms with van der Waals surface area (Å²) in [7, 11) is 0. The molecule has 0 amide bonds. The standard InChI is InChI=1S/C26H29N5OS2/c1-17-28-24(27)23-25(29-17)31(20-12-14-34-16-20)30-26(23,19-11-13-33-15-19)18-7-9-22(10-8-18)32-21-5-3-2-4-6-21/h2-10,19-20,30H,11-16H2,1H3,(H2,27,28,29). The summed E-state index contributed by atoms with van der Waals surface area (Å²) < 4.78 is 6.08. The van der Waals surface area contributed by atoms with Gasteiger partial charge in [-0.1, -0.05) is 30.3 Å². The molecule has 0 radical (unpaired) electrons. The molecule has 4 heterocycles. The number of aromatic nitrogens is 2. The Morgan fingerprint density at radius 3 is 2.41 bits per heavy atom. The summed E-state index contributed by atoms with van der Waals surface area (Å²) in [5.41, 5.74) is 12.5. The van der Waals surface area contributed by atoms with E-state index in [0.717, 1.165) is 58.8 Å². The summed E-state index contributed by atoms with van der Waals surface area (Å²) in [5.74, 6) is 8.82. The SMILES string of the molecule is Cc1nc(N)c2c(n1)N(C1CCSC1)NC2(c1ccc(Oc2ccccc2)cc1)C1CCSC1. The summed E-state index contributed by atoms with van der Waals surface area (Å²) in [6.45, 7) is 1.93. The van der Waals surface area contributed by atoms with Crippen molar-refractivity contribution in [1.29, 1.82) is 0 Å². The molecule has 2 fully saturated rings. The molecule has 6 rings (SSSR count). The first-order valence-electron chi connectivity index (χ1n) is 11.9. The summed E-state index contributed by atoms with van der Waals surface area (Å²) in [6.07, 6.45) is 2.26. The van der Waals surface area contributed by atoms with Crippen LogP contribution < -0.4 is 20.9 Å². The zero-order valence-corrected chi connectivity index (χ0v) is 20.9. The van der Waals surface area contributed by atoms with E-state index in [-0.39, 0.29) is 0 Å². The van der Waals surface area contributed by atoms with E-state index < -0.39 is 5.54 Å². The van der Waals surface area contributed by atoms with Crippen LogP contribution in [-0.2, 0) is 5.54 Å². The normalized spacial score (nSPS) is 26.1. The van der Waals surface area contributed by atoms with Crippen molar-refractivity contribution < 1.29 is 4.74 Å². The molecule has 176 valence electrons. The number of nitrogens with zero attached hydrogens (tertiary/aromatic N) is 3. The molecular weight excluding hydrogens is 462 g/mol. The number of benzene rings is 2. The predicted molar refractivity (Wildman–Crippen MR) is 142 cm³/mol. The van der Waals surface area contributed by atoms with Gasteiger partial charge in [0.15, 0.2) is 5.82 Å². The highest BCUT2D eigenvalue weighted by atomic mass is 32.2. The molecule has 2 saturated heterocycles. The Morgan fingerprint density at radius 1 is 0.971 bits per heavy atom.